The fraction of sp³-hybridized carbons (Fsp3) is 0.333. The molecule has 24 heavy (non-hydrogen) atoms. The van der Waals surface area contributed by atoms with Crippen molar-refractivity contribution < 1.29 is 9.21 Å². The van der Waals surface area contributed by atoms with Crippen molar-refractivity contribution in [1.82, 2.24) is 10.7 Å². The average Bonchev–Trinajstić information content (AvgIpc) is 3.05. The fourth-order valence-corrected chi connectivity index (χ4v) is 3.08. The van der Waals surface area contributed by atoms with Crippen molar-refractivity contribution in [2.45, 2.75) is 38.1 Å². The predicted octanol–water partition coefficient (Wildman–Crippen LogP) is 4.57. The Morgan fingerprint density at radius 2 is 1.96 bits per heavy atom. The molecular formula is C18H20ClN3O2. The van der Waals surface area contributed by atoms with Crippen molar-refractivity contribution in [1.29, 1.82) is 0 Å². The molecule has 2 aromatic rings. The maximum Gasteiger partial charge on any atom is 0.335 e. The van der Waals surface area contributed by atoms with E-state index in [1.807, 2.05) is 30.3 Å². The topological polar surface area (TPSA) is 66.6 Å². The van der Waals surface area contributed by atoms with E-state index in [0.29, 0.717) is 16.5 Å². The molecule has 1 aliphatic rings. The van der Waals surface area contributed by atoms with Crippen LogP contribution in [-0.4, -0.2) is 18.3 Å². The zero-order valence-corrected chi connectivity index (χ0v) is 14.1. The normalized spacial score (nSPS) is 15.5. The predicted molar refractivity (Wildman–Crippen MR) is 95.3 cm³/mol. The van der Waals surface area contributed by atoms with Gasteiger partial charge in [0.15, 0.2) is 0 Å². The second kappa shape index (κ2) is 8.02. The van der Waals surface area contributed by atoms with E-state index >= 15 is 0 Å². The number of nitrogens with one attached hydrogen (secondary N) is 2. The molecule has 0 bridgehead atoms. The van der Waals surface area contributed by atoms with Gasteiger partial charge in [0.05, 0.1) is 11.2 Å². The summed E-state index contributed by atoms with van der Waals surface area (Å²) in [6.07, 6.45) is 7.15. The average molecular weight is 346 g/mol. The van der Waals surface area contributed by atoms with Gasteiger partial charge in [-0.05, 0) is 37.1 Å². The number of halogens is 1. The first kappa shape index (κ1) is 16.6. The van der Waals surface area contributed by atoms with Gasteiger partial charge in [-0.3, -0.25) is 0 Å². The largest absolute Gasteiger partial charge is 0.455 e. The van der Waals surface area contributed by atoms with Crippen LogP contribution in [0, 0.1) is 0 Å². The Bertz CT molecular complexity index is 721. The van der Waals surface area contributed by atoms with E-state index in [1.165, 1.54) is 25.5 Å². The molecule has 126 valence electrons. The third-order valence-electron chi connectivity index (χ3n) is 4.06. The first-order valence-corrected chi connectivity index (χ1v) is 8.54. The number of benzene rings is 1. The van der Waals surface area contributed by atoms with Gasteiger partial charge in [-0.2, -0.15) is 5.10 Å². The number of carbonyl (C=O) groups is 1. The van der Waals surface area contributed by atoms with Crippen LogP contribution >= 0.6 is 11.6 Å². The van der Waals surface area contributed by atoms with Crippen molar-refractivity contribution in [3.05, 3.63) is 47.2 Å². The summed E-state index contributed by atoms with van der Waals surface area (Å²) in [7, 11) is 0. The molecule has 0 aliphatic heterocycles. The lowest BCUT2D eigenvalue weighted by Gasteiger charge is -2.22. The highest BCUT2D eigenvalue weighted by atomic mass is 35.5. The Morgan fingerprint density at radius 1 is 1.17 bits per heavy atom. The molecule has 1 aliphatic carbocycles. The van der Waals surface area contributed by atoms with Crippen molar-refractivity contribution in [2.75, 3.05) is 0 Å². The van der Waals surface area contributed by atoms with Crippen LogP contribution < -0.4 is 10.7 Å². The number of hydrogen-bond acceptors (Lipinski definition) is 3. The Labute approximate surface area is 146 Å². The van der Waals surface area contributed by atoms with Crippen LogP contribution in [-0.2, 0) is 0 Å². The molecule has 0 atom stereocenters. The van der Waals surface area contributed by atoms with Gasteiger partial charge in [0.1, 0.15) is 11.5 Å². The molecule has 5 nitrogen and oxygen atoms in total. The number of urea groups is 1. The first-order valence-electron chi connectivity index (χ1n) is 8.17. The van der Waals surface area contributed by atoms with E-state index < -0.39 is 0 Å². The van der Waals surface area contributed by atoms with Gasteiger partial charge in [-0.1, -0.05) is 43.0 Å². The maximum absolute atomic E-state index is 11.8. The molecule has 1 aromatic carbocycles. The molecule has 0 radical (unpaired) electrons. The Morgan fingerprint density at radius 3 is 2.75 bits per heavy atom. The number of rotatable bonds is 4. The van der Waals surface area contributed by atoms with Crippen LogP contribution in [0.4, 0.5) is 4.79 Å². The van der Waals surface area contributed by atoms with Crippen LogP contribution in [0.1, 0.15) is 37.9 Å². The van der Waals surface area contributed by atoms with Crippen LogP contribution in [0.3, 0.4) is 0 Å². The summed E-state index contributed by atoms with van der Waals surface area (Å²) in [5.41, 5.74) is 3.29. The smallest absolute Gasteiger partial charge is 0.335 e. The number of nitrogens with zero attached hydrogens (tertiary/aromatic N) is 1. The van der Waals surface area contributed by atoms with Gasteiger partial charge in [-0.25, -0.2) is 10.2 Å². The monoisotopic (exact) mass is 345 g/mol. The van der Waals surface area contributed by atoms with Crippen LogP contribution in [0.15, 0.2) is 45.9 Å². The molecule has 0 spiro atoms. The van der Waals surface area contributed by atoms with Gasteiger partial charge in [-0.15, -0.1) is 0 Å². The van der Waals surface area contributed by atoms with Gasteiger partial charge in [0.25, 0.3) is 0 Å². The molecule has 1 heterocycles. The second-order valence-corrected chi connectivity index (χ2v) is 6.27. The van der Waals surface area contributed by atoms with Gasteiger partial charge < -0.3 is 9.73 Å². The van der Waals surface area contributed by atoms with E-state index in [4.69, 9.17) is 16.0 Å². The van der Waals surface area contributed by atoms with Gasteiger partial charge >= 0.3 is 6.03 Å². The highest BCUT2D eigenvalue weighted by Crippen LogP contribution is 2.28. The highest BCUT2D eigenvalue weighted by molar-refractivity contribution is 6.33. The molecule has 1 fully saturated rings. The third-order valence-corrected chi connectivity index (χ3v) is 4.39. The Balaban J connectivity index is 1.53. The minimum Gasteiger partial charge on any atom is -0.455 e. The molecule has 0 unspecified atom stereocenters. The molecule has 3 rings (SSSR count). The summed E-state index contributed by atoms with van der Waals surface area (Å²) >= 11 is 6.15. The molecule has 1 saturated carbocycles. The van der Waals surface area contributed by atoms with Crippen LogP contribution in [0.5, 0.6) is 0 Å². The minimum atomic E-state index is -0.281. The fourth-order valence-electron chi connectivity index (χ4n) is 2.85. The number of amides is 2. The summed E-state index contributed by atoms with van der Waals surface area (Å²) in [4.78, 5) is 11.8. The lowest BCUT2D eigenvalue weighted by Crippen LogP contribution is -2.41. The van der Waals surface area contributed by atoms with Gasteiger partial charge in [0, 0.05) is 11.6 Å². The van der Waals surface area contributed by atoms with E-state index in [-0.39, 0.29) is 12.1 Å². The van der Waals surface area contributed by atoms with Crippen molar-refractivity contribution >= 4 is 23.8 Å². The Hall–Kier alpha value is -2.27. The lowest BCUT2D eigenvalue weighted by molar-refractivity contribution is 0.233. The van der Waals surface area contributed by atoms with Crippen LogP contribution in [0.2, 0.25) is 5.02 Å². The number of hydrogen-bond donors (Lipinski definition) is 2. The number of carbonyl (C=O) groups excluding carboxylic acids is 1. The number of furan rings is 1. The zero-order chi connectivity index (χ0) is 16.8. The zero-order valence-electron chi connectivity index (χ0n) is 13.3. The molecule has 2 amide bonds. The summed E-state index contributed by atoms with van der Waals surface area (Å²) < 4.78 is 5.68. The van der Waals surface area contributed by atoms with Gasteiger partial charge in [0.2, 0.25) is 0 Å². The quantitative estimate of drug-likeness (QED) is 0.629. The Kier molecular flexibility index (Phi) is 5.54. The molecular weight excluding hydrogens is 326 g/mol. The summed E-state index contributed by atoms with van der Waals surface area (Å²) in [6.45, 7) is 0. The second-order valence-electron chi connectivity index (χ2n) is 5.86. The maximum atomic E-state index is 11.8. The van der Waals surface area contributed by atoms with E-state index in [1.54, 1.807) is 6.07 Å². The molecule has 6 heteroatoms. The first-order chi connectivity index (χ1) is 11.7. The van der Waals surface area contributed by atoms with Crippen molar-refractivity contribution in [3.63, 3.8) is 0 Å². The van der Waals surface area contributed by atoms with Crippen molar-refractivity contribution in [3.8, 4) is 11.3 Å². The van der Waals surface area contributed by atoms with E-state index in [0.717, 1.165) is 18.4 Å². The summed E-state index contributed by atoms with van der Waals surface area (Å²) in [5, 5.41) is 7.48. The van der Waals surface area contributed by atoms with Crippen LogP contribution in [0.25, 0.3) is 11.3 Å². The third kappa shape index (κ3) is 4.38. The SMILES string of the molecule is O=C(N/N=C\c1ccc(-c2ccccc2Cl)o1)NC1CCCCC1. The lowest BCUT2D eigenvalue weighted by atomic mass is 9.96. The minimum absolute atomic E-state index is 0.254. The van der Waals surface area contributed by atoms with E-state index in [2.05, 4.69) is 15.8 Å². The molecule has 2 N–H and O–H groups in total. The van der Waals surface area contributed by atoms with Crippen molar-refractivity contribution in [2.24, 2.45) is 5.10 Å². The highest BCUT2D eigenvalue weighted by Gasteiger charge is 2.15. The van der Waals surface area contributed by atoms with E-state index in [9.17, 15) is 4.79 Å². The molecule has 1 aromatic heterocycles. The standard InChI is InChI=1S/C18H20ClN3O2/c19-16-9-5-4-8-15(16)17-11-10-14(24-17)12-20-22-18(23)21-13-6-2-1-3-7-13/h4-5,8-13H,1-3,6-7H2,(H2,21,22,23)/b20-12-. The number of hydrazone groups is 1. The molecule has 0 saturated heterocycles. The summed E-state index contributed by atoms with van der Waals surface area (Å²) in [6, 6.07) is 11.0. The summed E-state index contributed by atoms with van der Waals surface area (Å²) in [5.74, 6) is 1.21.